The summed E-state index contributed by atoms with van der Waals surface area (Å²) in [5.74, 6) is 0.103. The molecule has 0 spiro atoms. The van der Waals surface area contributed by atoms with Crippen molar-refractivity contribution in [1.29, 1.82) is 0 Å². The van der Waals surface area contributed by atoms with Gasteiger partial charge < -0.3 is 15.7 Å². The maximum absolute atomic E-state index is 11.8. The molecule has 0 aromatic carbocycles. The number of carbonyl (C=O) groups excluding carboxylic acids is 1. The molecule has 1 fully saturated rings. The molecule has 0 aliphatic carbocycles. The van der Waals surface area contributed by atoms with Gasteiger partial charge in [-0.15, -0.1) is 0 Å². The Balaban J connectivity index is 2.56. The van der Waals surface area contributed by atoms with Crippen LogP contribution in [0.2, 0.25) is 0 Å². The quantitative estimate of drug-likeness (QED) is 0.657. The Bertz CT molecular complexity index is 226. The van der Waals surface area contributed by atoms with Gasteiger partial charge in [-0.3, -0.25) is 4.79 Å². The van der Waals surface area contributed by atoms with Crippen molar-refractivity contribution in [3.8, 4) is 0 Å². The molecule has 82 valence electrons. The molecular formula is C10H20N2O2. The van der Waals surface area contributed by atoms with Crippen LogP contribution in [0.15, 0.2) is 0 Å². The first-order valence-electron chi connectivity index (χ1n) is 5.10. The van der Waals surface area contributed by atoms with Gasteiger partial charge in [0.1, 0.15) is 0 Å². The zero-order valence-electron chi connectivity index (χ0n) is 9.16. The summed E-state index contributed by atoms with van der Waals surface area (Å²) in [4.78, 5) is 13.4. The van der Waals surface area contributed by atoms with E-state index in [1.807, 2.05) is 13.8 Å². The summed E-state index contributed by atoms with van der Waals surface area (Å²) in [6.45, 7) is 6.63. The van der Waals surface area contributed by atoms with Crippen LogP contribution in [-0.2, 0) is 4.79 Å². The second-order valence-electron chi connectivity index (χ2n) is 4.78. The molecule has 4 nitrogen and oxygen atoms in total. The largest absolute Gasteiger partial charge is 0.388 e. The number of nitrogens with zero attached hydrogens (tertiary/aromatic N) is 1. The minimum atomic E-state index is -0.730. The van der Waals surface area contributed by atoms with Crippen LogP contribution in [0.4, 0.5) is 0 Å². The molecule has 3 N–H and O–H groups in total. The van der Waals surface area contributed by atoms with Crippen LogP contribution in [0, 0.1) is 5.92 Å². The number of carbonyl (C=O) groups is 1. The minimum Gasteiger partial charge on any atom is -0.388 e. The molecule has 1 rings (SSSR count). The third-order valence-corrected chi connectivity index (χ3v) is 2.77. The van der Waals surface area contributed by atoms with Gasteiger partial charge in [-0.05, 0) is 19.3 Å². The van der Waals surface area contributed by atoms with Gasteiger partial charge in [0.05, 0.1) is 11.6 Å². The van der Waals surface area contributed by atoms with Crippen LogP contribution in [0.3, 0.4) is 0 Å². The van der Waals surface area contributed by atoms with Crippen LogP contribution in [-0.4, -0.2) is 40.6 Å². The summed E-state index contributed by atoms with van der Waals surface area (Å²) in [7, 11) is 0. The van der Waals surface area contributed by atoms with Crippen molar-refractivity contribution in [2.75, 3.05) is 13.1 Å². The average Bonchev–Trinajstić information content (AvgIpc) is 2.43. The van der Waals surface area contributed by atoms with Crippen molar-refractivity contribution < 1.29 is 9.90 Å². The lowest BCUT2D eigenvalue weighted by Gasteiger charge is -2.24. The Morgan fingerprint density at radius 3 is 2.50 bits per heavy atom. The number of hydrogen-bond donors (Lipinski definition) is 2. The summed E-state index contributed by atoms with van der Waals surface area (Å²) < 4.78 is 0. The lowest BCUT2D eigenvalue weighted by Crippen LogP contribution is -2.46. The van der Waals surface area contributed by atoms with E-state index in [2.05, 4.69) is 0 Å². The fraction of sp³-hybridized carbons (Fsp3) is 0.900. The predicted molar refractivity (Wildman–Crippen MR) is 54.6 cm³/mol. The van der Waals surface area contributed by atoms with E-state index in [-0.39, 0.29) is 11.8 Å². The van der Waals surface area contributed by atoms with E-state index in [0.29, 0.717) is 19.5 Å². The molecule has 4 heteroatoms. The second-order valence-corrected chi connectivity index (χ2v) is 4.78. The zero-order chi connectivity index (χ0) is 10.9. The summed E-state index contributed by atoms with van der Waals surface area (Å²) in [5.41, 5.74) is 5.03. The van der Waals surface area contributed by atoms with Crippen LogP contribution in [0.25, 0.3) is 0 Å². The summed E-state index contributed by atoms with van der Waals surface area (Å²) in [6, 6.07) is -0.441. The Morgan fingerprint density at radius 1 is 1.57 bits per heavy atom. The lowest BCUT2D eigenvalue weighted by atomic mass is 10.0. The molecular weight excluding hydrogens is 180 g/mol. The molecule has 1 unspecified atom stereocenters. The van der Waals surface area contributed by atoms with Crippen molar-refractivity contribution in [1.82, 2.24) is 4.90 Å². The number of rotatable bonds is 2. The highest BCUT2D eigenvalue weighted by Gasteiger charge is 2.36. The third kappa shape index (κ3) is 2.45. The molecule has 1 heterocycles. The first-order chi connectivity index (χ1) is 6.33. The summed E-state index contributed by atoms with van der Waals surface area (Å²) >= 11 is 0. The maximum atomic E-state index is 11.8. The highest BCUT2D eigenvalue weighted by Crippen LogP contribution is 2.21. The van der Waals surface area contributed by atoms with Gasteiger partial charge in [-0.1, -0.05) is 13.8 Å². The Morgan fingerprint density at radius 2 is 2.14 bits per heavy atom. The smallest absolute Gasteiger partial charge is 0.239 e. The van der Waals surface area contributed by atoms with Crippen molar-refractivity contribution in [2.24, 2.45) is 11.7 Å². The summed E-state index contributed by atoms with van der Waals surface area (Å²) in [5, 5.41) is 9.70. The van der Waals surface area contributed by atoms with Gasteiger partial charge >= 0.3 is 0 Å². The number of hydrogen-bond acceptors (Lipinski definition) is 3. The van der Waals surface area contributed by atoms with Crippen molar-refractivity contribution in [3.63, 3.8) is 0 Å². The molecule has 2 atom stereocenters. The fourth-order valence-electron chi connectivity index (χ4n) is 1.63. The molecule has 1 amide bonds. The molecule has 1 saturated heterocycles. The minimum absolute atomic E-state index is 0.0437. The van der Waals surface area contributed by atoms with E-state index in [1.54, 1.807) is 11.8 Å². The van der Waals surface area contributed by atoms with Crippen LogP contribution >= 0.6 is 0 Å². The van der Waals surface area contributed by atoms with E-state index in [0.717, 1.165) is 0 Å². The molecule has 0 aromatic rings. The maximum Gasteiger partial charge on any atom is 0.239 e. The normalized spacial score (nSPS) is 29.7. The summed E-state index contributed by atoms with van der Waals surface area (Å²) in [6.07, 6.45) is 0.642. The van der Waals surface area contributed by atoms with Crippen molar-refractivity contribution in [2.45, 2.75) is 38.8 Å². The Hall–Kier alpha value is -0.610. The van der Waals surface area contributed by atoms with Gasteiger partial charge in [-0.25, -0.2) is 0 Å². The number of nitrogens with two attached hydrogens (primary N) is 1. The van der Waals surface area contributed by atoms with Gasteiger partial charge in [0.15, 0.2) is 0 Å². The molecule has 14 heavy (non-hydrogen) atoms. The predicted octanol–water partition coefficient (Wildman–Crippen LogP) is -0.0470. The van der Waals surface area contributed by atoms with E-state index >= 15 is 0 Å². The SMILES string of the molecule is CC(C)[C@H](N)C(=O)N1CCC(C)(O)C1. The molecule has 0 saturated carbocycles. The lowest BCUT2D eigenvalue weighted by molar-refractivity contribution is -0.133. The Labute approximate surface area is 85.1 Å². The Kier molecular flexibility index (Phi) is 3.17. The zero-order valence-corrected chi connectivity index (χ0v) is 9.16. The standard InChI is InChI=1S/C10H20N2O2/c1-7(2)8(11)9(13)12-5-4-10(3,14)6-12/h7-8,14H,4-6,11H2,1-3H3/t8-,10?/m0/s1. The first kappa shape index (κ1) is 11.5. The molecule has 0 bridgehead atoms. The van der Waals surface area contributed by atoms with Crippen LogP contribution < -0.4 is 5.73 Å². The third-order valence-electron chi connectivity index (χ3n) is 2.77. The van der Waals surface area contributed by atoms with Crippen LogP contribution in [0.1, 0.15) is 27.2 Å². The van der Waals surface area contributed by atoms with Crippen molar-refractivity contribution in [3.05, 3.63) is 0 Å². The van der Waals surface area contributed by atoms with E-state index in [9.17, 15) is 9.90 Å². The highest BCUT2D eigenvalue weighted by atomic mass is 16.3. The highest BCUT2D eigenvalue weighted by molar-refractivity contribution is 5.82. The van der Waals surface area contributed by atoms with Crippen LogP contribution in [0.5, 0.6) is 0 Å². The number of β-amino-alcohol motifs (C(OH)–C–C–N with tert-alkyl or cyclic N) is 1. The monoisotopic (exact) mass is 200 g/mol. The molecule has 0 aromatic heterocycles. The topological polar surface area (TPSA) is 66.6 Å². The van der Waals surface area contributed by atoms with Crippen molar-refractivity contribution >= 4 is 5.91 Å². The van der Waals surface area contributed by atoms with Gasteiger partial charge in [0, 0.05) is 13.1 Å². The number of aliphatic hydroxyl groups is 1. The van der Waals surface area contributed by atoms with Gasteiger partial charge in [-0.2, -0.15) is 0 Å². The molecule has 1 aliphatic rings. The fourth-order valence-corrected chi connectivity index (χ4v) is 1.63. The van der Waals surface area contributed by atoms with E-state index in [1.165, 1.54) is 0 Å². The molecule has 1 aliphatic heterocycles. The number of likely N-dealkylation sites (tertiary alicyclic amines) is 1. The number of amides is 1. The molecule has 0 radical (unpaired) electrons. The first-order valence-corrected chi connectivity index (χ1v) is 5.10. The van der Waals surface area contributed by atoms with E-state index < -0.39 is 11.6 Å². The van der Waals surface area contributed by atoms with Gasteiger partial charge in [0.2, 0.25) is 5.91 Å². The van der Waals surface area contributed by atoms with Gasteiger partial charge in [0.25, 0.3) is 0 Å². The second kappa shape index (κ2) is 3.87. The van der Waals surface area contributed by atoms with E-state index in [4.69, 9.17) is 5.73 Å². The average molecular weight is 200 g/mol.